The highest BCUT2D eigenvalue weighted by Gasteiger charge is 2.34. The van der Waals surface area contributed by atoms with Crippen LogP contribution < -0.4 is 0 Å². The molecule has 0 bridgehead atoms. The Bertz CT molecular complexity index is 597. The summed E-state index contributed by atoms with van der Waals surface area (Å²) in [5.74, 6) is 6.61. The van der Waals surface area contributed by atoms with E-state index < -0.39 is 12.2 Å². The van der Waals surface area contributed by atoms with Gasteiger partial charge in [0.1, 0.15) is 5.78 Å². The fourth-order valence-corrected chi connectivity index (χ4v) is 2.59. The van der Waals surface area contributed by atoms with Crippen molar-refractivity contribution in [2.45, 2.75) is 92.3 Å². The second-order valence-corrected chi connectivity index (χ2v) is 8.66. The average molecular weight is 389 g/mol. The monoisotopic (exact) mass is 388 g/mol. The molecule has 0 fully saturated rings. The van der Waals surface area contributed by atoms with E-state index in [0.29, 0.717) is 19.3 Å². The summed E-state index contributed by atoms with van der Waals surface area (Å²) in [6.45, 7) is 12.7. The van der Waals surface area contributed by atoms with Crippen LogP contribution in [0.3, 0.4) is 0 Å². The number of aliphatic hydroxyl groups excluding tert-OH is 2. The largest absolute Gasteiger partial charge is 0.390 e. The number of ketones is 1. The maximum Gasteiger partial charge on any atom is 0.129 e. The molecule has 2 atom stereocenters. The van der Waals surface area contributed by atoms with E-state index in [0.717, 1.165) is 0 Å². The fraction of sp³-hybridized carbons (Fsp3) is 0.640. The zero-order chi connectivity index (χ0) is 21.6. The molecule has 0 rings (SSSR count). The van der Waals surface area contributed by atoms with Crippen LogP contribution in [0.5, 0.6) is 0 Å². The SMILES string of the molecule is CCCCC(C)(C)C(C)(C)C#C\C=C/C=C/C=C/[C@@H](O)[C@@H](O)CCCC(C)=O. The predicted molar refractivity (Wildman–Crippen MR) is 119 cm³/mol. The fourth-order valence-electron chi connectivity index (χ4n) is 2.59. The first-order valence-electron chi connectivity index (χ1n) is 10.4. The Hall–Kier alpha value is -1.63. The minimum Gasteiger partial charge on any atom is -0.390 e. The van der Waals surface area contributed by atoms with E-state index in [1.807, 2.05) is 18.2 Å². The molecule has 0 saturated heterocycles. The maximum atomic E-state index is 10.9. The zero-order valence-corrected chi connectivity index (χ0v) is 18.7. The molecule has 3 heteroatoms. The molecule has 28 heavy (non-hydrogen) atoms. The first-order chi connectivity index (χ1) is 13.0. The summed E-state index contributed by atoms with van der Waals surface area (Å²) < 4.78 is 0. The summed E-state index contributed by atoms with van der Waals surface area (Å²) >= 11 is 0. The first-order valence-corrected chi connectivity index (χ1v) is 10.4. The van der Waals surface area contributed by atoms with Crippen molar-refractivity contribution in [3.63, 3.8) is 0 Å². The summed E-state index contributed by atoms with van der Waals surface area (Å²) in [5, 5.41) is 19.7. The minimum absolute atomic E-state index is 0.0568. The van der Waals surface area contributed by atoms with Crippen LogP contribution in [0.1, 0.15) is 80.1 Å². The second kappa shape index (κ2) is 13.5. The number of carbonyl (C=O) groups excluding carboxylic acids is 1. The lowest BCUT2D eigenvalue weighted by Gasteiger charge is -2.38. The molecular formula is C25H40O3. The lowest BCUT2D eigenvalue weighted by molar-refractivity contribution is -0.117. The molecule has 0 aliphatic carbocycles. The number of unbranched alkanes of at least 4 members (excludes halogenated alkanes) is 1. The van der Waals surface area contributed by atoms with Crippen molar-refractivity contribution in [1.82, 2.24) is 0 Å². The van der Waals surface area contributed by atoms with Gasteiger partial charge in [0.05, 0.1) is 12.2 Å². The third kappa shape index (κ3) is 11.3. The van der Waals surface area contributed by atoms with Gasteiger partial charge in [-0.1, -0.05) is 75.8 Å². The van der Waals surface area contributed by atoms with E-state index in [2.05, 4.69) is 46.5 Å². The maximum absolute atomic E-state index is 10.9. The van der Waals surface area contributed by atoms with Gasteiger partial charge in [0.2, 0.25) is 0 Å². The molecule has 0 aromatic rings. The van der Waals surface area contributed by atoms with Gasteiger partial charge in [-0.05, 0) is 51.5 Å². The molecule has 0 amide bonds. The van der Waals surface area contributed by atoms with Crippen molar-refractivity contribution in [1.29, 1.82) is 0 Å². The summed E-state index contributed by atoms with van der Waals surface area (Å²) in [6, 6.07) is 0. The van der Waals surface area contributed by atoms with Crippen LogP contribution in [0.2, 0.25) is 0 Å². The number of hydrogen-bond donors (Lipinski definition) is 2. The topological polar surface area (TPSA) is 57.5 Å². The summed E-state index contributed by atoms with van der Waals surface area (Å²) in [7, 11) is 0. The van der Waals surface area contributed by atoms with Crippen molar-refractivity contribution < 1.29 is 15.0 Å². The highest BCUT2D eigenvalue weighted by atomic mass is 16.3. The van der Waals surface area contributed by atoms with Gasteiger partial charge in [0.15, 0.2) is 0 Å². The van der Waals surface area contributed by atoms with E-state index in [4.69, 9.17) is 0 Å². The number of carbonyl (C=O) groups is 1. The van der Waals surface area contributed by atoms with Gasteiger partial charge in [-0.3, -0.25) is 0 Å². The predicted octanol–water partition coefficient (Wildman–Crippen LogP) is 5.38. The Morgan fingerprint density at radius 1 is 1.04 bits per heavy atom. The van der Waals surface area contributed by atoms with Gasteiger partial charge < -0.3 is 15.0 Å². The summed E-state index contributed by atoms with van der Waals surface area (Å²) in [5.41, 5.74) is 0.114. The first kappa shape index (κ1) is 26.4. The van der Waals surface area contributed by atoms with Crippen LogP contribution in [-0.4, -0.2) is 28.2 Å². The normalized spacial score (nSPS) is 15.1. The lowest BCUT2D eigenvalue weighted by atomic mass is 9.66. The molecule has 0 spiro atoms. The van der Waals surface area contributed by atoms with Gasteiger partial charge in [0.25, 0.3) is 0 Å². The zero-order valence-electron chi connectivity index (χ0n) is 18.7. The van der Waals surface area contributed by atoms with E-state index >= 15 is 0 Å². The molecule has 0 aliphatic heterocycles. The smallest absolute Gasteiger partial charge is 0.129 e. The van der Waals surface area contributed by atoms with E-state index in [1.165, 1.54) is 26.2 Å². The van der Waals surface area contributed by atoms with Crippen molar-refractivity contribution in [2.24, 2.45) is 10.8 Å². The van der Waals surface area contributed by atoms with Crippen molar-refractivity contribution in [3.8, 4) is 11.8 Å². The molecule has 0 aliphatic rings. The second-order valence-electron chi connectivity index (χ2n) is 8.66. The standard InChI is InChI=1S/C25H40O3/c1-7-8-19-24(3,4)25(5,6)20-14-12-10-9-11-13-17-22(27)23(28)18-15-16-21(2)26/h9-13,17,22-23,27-28H,7-8,15-16,18-19H2,1-6H3/b11-9+,12-10-,17-13+/t22-,23+/m1/s1. The third-order valence-electron chi connectivity index (χ3n) is 5.48. The quantitative estimate of drug-likeness (QED) is 0.348. The summed E-state index contributed by atoms with van der Waals surface area (Å²) in [4.78, 5) is 10.9. The molecule has 0 heterocycles. The van der Waals surface area contributed by atoms with Gasteiger partial charge in [0, 0.05) is 11.8 Å². The molecule has 3 nitrogen and oxygen atoms in total. The summed E-state index contributed by atoms with van der Waals surface area (Å²) in [6.07, 6.45) is 13.8. The number of allylic oxidation sites excluding steroid dienone is 5. The van der Waals surface area contributed by atoms with Crippen LogP contribution in [0.4, 0.5) is 0 Å². The number of hydrogen-bond acceptors (Lipinski definition) is 3. The Balaban J connectivity index is 4.46. The minimum atomic E-state index is -0.925. The Labute approximate surface area is 172 Å². The van der Waals surface area contributed by atoms with Crippen molar-refractivity contribution >= 4 is 5.78 Å². The van der Waals surface area contributed by atoms with Crippen molar-refractivity contribution in [3.05, 3.63) is 36.5 Å². The molecular weight excluding hydrogens is 348 g/mol. The van der Waals surface area contributed by atoms with Crippen LogP contribution in [0.15, 0.2) is 36.5 Å². The van der Waals surface area contributed by atoms with Crippen LogP contribution >= 0.6 is 0 Å². The molecule has 0 saturated carbocycles. The molecule has 0 aromatic heterocycles. The van der Waals surface area contributed by atoms with Gasteiger partial charge in [-0.25, -0.2) is 0 Å². The lowest BCUT2D eigenvalue weighted by Crippen LogP contribution is -2.31. The Kier molecular flexibility index (Phi) is 12.7. The number of rotatable bonds is 12. The van der Waals surface area contributed by atoms with E-state index in [1.54, 1.807) is 18.2 Å². The van der Waals surface area contributed by atoms with Gasteiger partial charge >= 0.3 is 0 Å². The Morgan fingerprint density at radius 2 is 1.68 bits per heavy atom. The van der Waals surface area contributed by atoms with Gasteiger partial charge in [-0.2, -0.15) is 0 Å². The molecule has 2 N–H and O–H groups in total. The van der Waals surface area contributed by atoms with Crippen LogP contribution in [0.25, 0.3) is 0 Å². The van der Waals surface area contributed by atoms with E-state index in [9.17, 15) is 15.0 Å². The van der Waals surface area contributed by atoms with Gasteiger partial charge in [-0.15, -0.1) is 0 Å². The Morgan fingerprint density at radius 3 is 2.29 bits per heavy atom. The van der Waals surface area contributed by atoms with Crippen LogP contribution in [-0.2, 0) is 4.79 Å². The highest BCUT2D eigenvalue weighted by molar-refractivity contribution is 5.75. The highest BCUT2D eigenvalue weighted by Crippen LogP contribution is 2.41. The van der Waals surface area contributed by atoms with Crippen molar-refractivity contribution in [2.75, 3.05) is 0 Å². The molecule has 0 aromatic carbocycles. The molecule has 0 radical (unpaired) electrons. The molecule has 0 unspecified atom stereocenters. The average Bonchev–Trinajstić information content (AvgIpc) is 2.61. The third-order valence-corrected chi connectivity index (χ3v) is 5.48. The number of Topliss-reactive ketones (excluding diaryl/α,β-unsaturated/α-hetero) is 1. The molecule has 158 valence electrons. The van der Waals surface area contributed by atoms with Crippen LogP contribution in [0, 0.1) is 22.7 Å². The number of aliphatic hydroxyl groups is 2. The van der Waals surface area contributed by atoms with E-state index in [-0.39, 0.29) is 16.6 Å².